The van der Waals surface area contributed by atoms with E-state index in [0.29, 0.717) is 0 Å². The van der Waals surface area contributed by atoms with Gasteiger partial charge in [0.15, 0.2) is 0 Å². The zero-order chi connectivity index (χ0) is 7.68. The Kier molecular flexibility index (Phi) is 2.14. The van der Waals surface area contributed by atoms with Crippen molar-refractivity contribution in [3.8, 4) is 0 Å². The minimum absolute atomic E-state index is 0.876. The fraction of sp³-hybridized carbons (Fsp3) is 1.00. The van der Waals surface area contributed by atoms with Gasteiger partial charge in [-0.3, -0.25) is 0 Å². The van der Waals surface area contributed by atoms with Crippen LogP contribution in [0.5, 0.6) is 0 Å². The fourth-order valence-corrected chi connectivity index (χ4v) is 1.74. The summed E-state index contributed by atoms with van der Waals surface area (Å²) < 4.78 is 0. The molecule has 0 aromatic rings. The highest BCUT2D eigenvalue weighted by Gasteiger charge is 2.26. The van der Waals surface area contributed by atoms with E-state index in [1.54, 1.807) is 0 Å². The molecule has 0 amide bonds. The second kappa shape index (κ2) is 3.11. The molecule has 0 aromatic carbocycles. The van der Waals surface area contributed by atoms with Gasteiger partial charge in [0.05, 0.1) is 0 Å². The lowest BCUT2D eigenvalue weighted by Gasteiger charge is -2.14. The average molecular weight is 154 g/mol. The molecule has 2 N–H and O–H groups in total. The summed E-state index contributed by atoms with van der Waals surface area (Å²) in [5.41, 5.74) is 0. The van der Waals surface area contributed by atoms with Crippen molar-refractivity contribution in [1.29, 1.82) is 0 Å². The molecule has 2 fully saturated rings. The lowest BCUT2D eigenvalue weighted by molar-refractivity contribution is 0.419. The third-order valence-corrected chi connectivity index (χ3v) is 2.92. The van der Waals surface area contributed by atoms with Gasteiger partial charge in [-0.05, 0) is 44.3 Å². The topological polar surface area (TPSA) is 24.1 Å². The van der Waals surface area contributed by atoms with Crippen LogP contribution in [0.2, 0.25) is 0 Å². The van der Waals surface area contributed by atoms with Crippen LogP contribution in [-0.2, 0) is 0 Å². The van der Waals surface area contributed by atoms with Gasteiger partial charge in [0, 0.05) is 6.04 Å². The van der Waals surface area contributed by atoms with E-state index < -0.39 is 0 Å². The van der Waals surface area contributed by atoms with Crippen molar-refractivity contribution in [2.75, 3.05) is 19.6 Å². The molecule has 1 heterocycles. The molecule has 11 heavy (non-hydrogen) atoms. The van der Waals surface area contributed by atoms with Crippen LogP contribution in [0.25, 0.3) is 0 Å². The van der Waals surface area contributed by atoms with Gasteiger partial charge in [0.1, 0.15) is 0 Å². The molecule has 0 radical (unpaired) electrons. The first-order chi connectivity index (χ1) is 5.36. The van der Waals surface area contributed by atoms with E-state index in [1.165, 1.54) is 32.5 Å². The second-order valence-corrected chi connectivity index (χ2v) is 4.08. The number of rotatable bonds is 3. The number of hydrogen-bond donors (Lipinski definition) is 2. The first kappa shape index (κ1) is 7.56. The van der Waals surface area contributed by atoms with Crippen molar-refractivity contribution in [3.63, 3.8) is 0 Å². The molecule has 0 spiro atoms. The molecule has 64 valence electrons. The van der Waals surface area contributed by atoms with Crippen LogP contribution in [0.3, 0.4) is 0 Å². The van der Waals surface area contributed by atoms with Crippen molar-refractivity contribution < 1.29 is 0 Å². The Morgan fingerprint density at radius 2 is 2.18 bits per heavy atom. The Hall–Kier alpha value is -0.0800. The van der Waals surface area contributed by atoms with Gasteiger partial charge in [-0.15, -0.1) is 0 Å². The molecular weight excluding hydrogens is 136 g/mol. The zero-order valence-corrected chi connectivity index (χ0v) is 7.27. The van der Waals surface area contributed by atoms with Crippen LogP contribution in [0.15, 0.2) is 0 Å². The van der Waals surface area contributed by atoms with Gasteiger partial charge in [0.25, 0.3) is 0 Å². The minimum atomic E-state index is 0.876. The summed E-state index contributed by atoms with van der Waals surface area (Å²) in [4.78, 5) is 0. The van der Waals surface area contributed by atoms with Gasteiger partial charge in [-0.1, -0.05) is 6.92 Å². The summed E-state index contributed by atoms with van der Waals surface area (Å²) in [6.45, 7) is 6.02. The van der Waals surface area contributed by atoms with Crippen LogP contribution in [0, 0.1) is 11.8 Å². The van der Waals surface area contributed by atoms with Crippen LogP contribution in [-0.4, -0.2) is 25.7 Å². The number of hydrogen-bond acceptors (Lipinski definition) is 2. The van der Waals surface area contributed by atoms with Crippen LogP contribution in [0.1, 0.15) is 19.8 Å². The molecule has 0 aromatic heterocycles. The van der Waals surface area contributed by atoms with Gasteiger partial charge < -0.3 is 10.6 Å². The van der Waals surface area contributed by atoms with E-state index in [4.69, 9.17) is 0 Å². The highest BCUT2D eigenvalue weighted by atomic mass is 15.0. The molecule has 1 aliphatic heterocycles. The number of nitrogens with one attached hydrogen (secondary N) is 2. The molecule has 1 aliphatic carbocycles. The summed E-state index contributed by atoms with van der Waals surface area (Å²) in [5, 5.41) is 7.02. The van der Waals surface area contributed by atoms with E-state index in [-0.39, 0.29) is 0 Å². The van der Waals surface area contributed by atoms with Crippen molar-refractivity contribution >= 4 is 0 Å². The van der Waals surface area contributed by atoms with E-state index >= 15 is 0 Å². The third kappa shape index (κ3) is 1.94. The highest BCUT2D eigenvalue weighted by Crippen LogP contribution is 2.21. The maximum absolute atomic E-state index is 3.59. The van der Waals surface area contributed by atoms with Crippen LogP contribution >= 0.6 is 0 Å². The maximum Gasteiger partial charge on any atom is 0.00683 e. The molecule has 2 nitrogen and oxygen atoms in total. The van der Waals surface area contributed by atoms with E-state index in [0.717, 1.165) is 17.9 Å². The predicted octanol–water partition coefficient (Wildman–Crippen LogP) is 0.594. The average Bonchev–Trinajstić information content (AvgIpc) is 2.73. The second-order valence-electron chi connectivity index (χ2n) is 4.08. The third-order valence-electron chi connectivity index (χ3n) is 2.92. The molecule has 2 atom stereocenters. The van der Waals surface area contributed by atoms with E-state index in [9.17, 15) is 0 Å². The Morgan fingerprint density at radius 1 is 1.36 bits per heavy atom. The molecule has 2 rings (SSSR count). The van der Waals surface area contributed by atoms with E-state index in [2.05, 4.69) is 17.6 Å². The summed E-state index contributed by atoms with van der Waals surface area (Å²) >= 11 is 0. The molecule has 0 unspecified atom stereocenters. The highest BCUT2D eigenvalue weighted by molar-refractivity contribution is 4.85. The Morgan fingerprint density at radius 3 is 2.73 bits per heavy atom. The van der Waals surface area contributed by atoms with Crippen molar-refractivity contribution in [1.82, 2.24) is 10.6 Å². The fourth-order valence-electron chi connectivity index (χ4n) is 1.74. The molecule has 2 heteroatoms. The zero-order valence-electron chi connectivity index (χ0n) is 7.27. The van der Waals surface area contributed by atoms with Crippen molar-refractivity contribution in [2.45, 2.75) is 25.8 Å². The normalized spacial score (nSPS) is 37.9. The SMILES string of the molecule is C[C@H]1CNC[C@H]1CNC1CC1. The largest absolute Gasteiger partial charge is 0.316 e. The first-order valence-electron chi connectivity index (χ1n) is 4.80. The standard InChI is InChI=1S/C9H18N2/c1-7-4-10-5-8(7)6-11-9-2-3-9/h7-11H,2-6H2,1H3/t7-,8-/m0/s1. The van der Waals surface area contributed by atoms with Gasteiger partial charge in [-0.2, -0.15) is 0 Å². The van der Waals surface area contributed by atoms with Crippen molar-refractivity contribution in [2.24, 2.45) is 11.8 Å². The molecule has 1 saturated heterocycles. The smallest absolute Gasteiger partial charge is 0.00683 e. The Bertz CT molecular complexity index is 132. The van der Waals surface area contributed by atoms with Gasteiger partial charge >= 0.3 is 0 Å². The maximum atomic E-state index is 3.59. The van der Waals surface area contributed by atoms with Crippen LogP contribution in [0.4, 0.5) is 0 Å². The van der Waals surface area contributed by atoms with Gasteiger partial charge in [0.2, 0.25) is 0 Å². The summed E-state index contributed by atoms with van der Waals surface area (Å²) in [5.74, 6) is 1.76. The van der Waals surface area contributed by atoms with Gasteiger partial charge in [-0.25, -0.2) is 0 Å². The molecular formula is C9H18N2. The predicted molar refractivity (Wildman–Crippen MR) is 46.5 cm³/mol. The van der Waals surface area contributed by atoms with E-state index in [1.807, 2.05) is 0 Å². The first-order valence-corrected chi connectivity index (χ1v) is 4.80. The van der Waals surface area contributed by atoms with Crippen molar-refractivity contribution in [3.05, 3.63) is 0 Å². The summed E-state index contributed by atoms with van der Waals surface area (Å²) in [6.07, 6.45) is 2.82. The monoisotopic (exact) mass is 154 g/mol. The summed E-state index contributed by atoms with van der Waals surface area (Å²) in [6, 6.07) is 0.878. The quantitative estimate of drug-likeness (QED) is 0.622. The lowest BCUT2D eigenvalue weighted by Crippen LogP contribution is -2.28. The molecule has 0 bridgehead atoms. The van der Waals surface area contributed by atoms with Crippen LogP contribution < -0.4 is 10.6 Å². The minimum Gasteiger partial charge on any atom is -0.316 e. The lowest BCUT2D eigenvalue weighted by atomic mass is 9.98. The molecule has 1 saturated carbocycles. The Labute approximate surface area is 68.7 Å². The Balaban J connectivity index is 1.67. The molecule has 2 aliphatic rings. The summed E-state index contributed by atoms with van der Waals surface area (Å²) in [7, 11) is 0.